The van der Waals surface area contributed by atoms with E-state index in [-0.39, 0.29) is 34.1 Å². The van der Waals surface area contributed by atoms with Gasteiger partial charge >= 0.3 is 5.51 Å². The normalized spacial score (nSPS) is 12.6. The molecule has 1 heterocycles. The zero-order valence-corrected chi connectivity index (χ0v) is 17.6. The summed E-state index contributed by atoms with van der Waals surface area (Å²) < 4.78 is 37.6. The Morgan fingerprint density at radius 3 is 2.29 bits per heavy atom. The van der Waals surface area contributed by atoms with E-state index in [4.69, 9.17) is 0 Å². The first-order chi connectivity index (χ1) is 14.6. The van der Waals surface area contributed by atoms with Crippen LogP contribution in [0.15, 0.2) is 70.4 Å². The van der Waals surface area contributed by atoms with Crippen molar-refractivity contribution in [3.8, 4) is 11.4 Å². The van der Waals surface area contributed by atoms with Crippen LogP contribution in [0.2, 0.25) is 0 Å². The van der Waals surface area contributed by atoms with Crippen molar-refractivity contribution in [2.75, 3.05) is 0 Å². The molecule has 0 fully saturated rings. The number of thioether (sulfide) groups is 1. The van der Waals surface area contributed by atoms with Gasteiger partial charge in [-0.1, -0.05) is 56.3 Å². The summed E-state index contributed by atoms with van der Waals surface area (Å²) >= 11 is -0.194. The third-order valence-corrected chi connectivity index (χ3v) is 5.19. The maximum Gasteiger partial charge on any atom is 0.446 e. The molecule has 0 spiro atoms. The predicted octanol–water partition coefficient (Wildman–Crippen LogP) is 5.18. The fourth-order valence-electron chi connectivity index (χ4n) is 3.03. The summed E-state index contributed by atoms with van der Waals surface area (Å²) in [4.78, 5) is 31.8. The molecule has 162 valence electrons. The van der Waals surface area contributed by atoms with Gasteiger partial charge in [-0.2, -0.15) is 13.2 Å². The lowest BCUT2D eigenvalue weighted by Crippen LogP contribution is -2.33. The van der Waals surface area contributed by atoms with Gasteiger partial charge in [0.1, 0.15) is 11.5 Å². The second-order valence-corrected chi connectivity index (χ2v) is 8.30. The van der Waals surface area contributed by atoms with Crippen molar-refractivity contribution in [2.45, 2.75) is 30.3 Å². The van der Waals surface area contributed by atoms with E-state index >= 15 is 0 Å². The Hall–Kier alpha value is -3.07. The summed E-state index contributed by atoms with van der Waals surface area (Å²) in [5.74, 6) is -0.329. The monoisotopic (exact) mass is 447 g/mol. The Morgan fingerprint density at radius 1 is 1.06 bits per heavy atom. The summed E-state index contributed by atoms with van der Waals surface area (Å²) in [6, 6.07) is 15.4. The average molecular weight is 447 g/mol. The molecule has 3 aromatic rings. The Kier molecular flexibility index (Phi) is 6.84. The van der Waals surface area contributed by atoms with Gasteiger partial charge in [0.05, 0.1) is 6.04 Å². The zero-order valence-electron chi connectivity index (χ0n) is 16.7. The lowest BCUT2D eigenvalue weighted by molar-refractivity contribution is -0.0328. The van der Waals surface area contributed by atoms with Crippen LogP contribution in [-0.4, -0.2) is 21.4 Å². The van der Waals surface area contributed by atoms with Gasteiger partial charge in [-0.3, -0.25) is 9.59 Å². The molecule has 0 aliphatic rings. The molecule has 9 heteroatoms. The maximum absolute atomic E-state index is 12.8. The molecule has 0 aliphatic heterocycles. The van der Waals surface area contributed by atoms with Gasteiger partial charge in [0.15, 0.2) is 0 Å². The summed E-state index contributed by atoms with van der Waals surface area (Å²) in [6.45, 7) is 3.76. The van der Waals surface area contributed by atoms with Gasteiger partial charge in [0.25, 0.3) is 11.5 Å². The summed E-state index contributed by atoms with van der Waals surface area (Å²) in [7, 11) is 0. The molecule has 31 heavy (non-hydrogen) atoms. The standard InChI is InChI=1S/C22H20F3N3O2S/c1-13(2)19(14-8-10-16(11-9-14)31-22(23,24)25)28-21(30)17-12-18(29)27-20(26-17)15-6-4-3-5-7-15/h3-13,19H,1-2H3,(H,28,30)(H,26,27,29). The number of carbonyl (C=O) groups excluding carboxylic acids is 1. The molecule has 1 unspecified atom stereocenters. The smallest absolute Gasteiger partial charge is 0.344 e. The quantitative estimate of drug-likeness (QED) is 0.511. The number of amides is 1. The molecule has 2 N–H and O–H groups in total. The number of benzene rings is 2. The van der Waals surface area contributed by atoms with Gasteiger partial charge < -0.3 is 10.3 Å². The van der Waals surface area contributed by atoms with Crippen LogP contribution in [0.1, 0.15) is 35.9 Å². The van der Waals surface area contributed by atoms with Crippen LogP contribution in [0.25, 0.3) is 11.4 Å². The lowest BCUT2D eigenvalue weighted by atomic mass is 9.96. The molecule has 0 aliphatic carbocycles. The minimum Gasteiger partial charge on any atom is -0.344 e. The maximum atomic E-state index is 12.8. The van der Waals surface area contributed by atoms with E-state index in [0.29, 0.717) is 11.1 Å². The number of alkyl halides is 3. The van der Waals surface area contributed by atoms with Crippen LogP contribution in [0.4, 0.5) is 13.2 Å². The van der Waals surface area contributed by atoms with E-state index in [2.05, 4.69) is 15.3 Å². The van der Waals surface area contributed by atoms with E-state index < -0.39 is 23.0 Å². The number of aromatic amines is 1. The Labute approximate surface area is 181 Å². The van der Waals surface area contributed by atoms with Crippen molar-refractivity contribution in [1.29, 1.82) is 0 Å². The molecular formula is C22H20F3N3O2S. The first kappa shape index (κ1) is 22.6. The second-order valence-electron chi connectivity index (χ2n) is 7.16. The molecule has 1 atom stereocenters. The molecule has 2 aromatic carbocycles. The van der Waals surface area contributed by atoms with Crippen molar-refractivity contribution in [1.82, 2.24) is 15.3 Å². The van der Waals surface area contributed by atoms with Gasteiger partial charge in [-0.15, -0.1) is 0 Å². The van der Waals surface area contributed by atoms with Crippen LogP contribution in [-0.2, 0) is 0 Å². The SMILES string of the molecule is CC(C)C(NC(=O)c1cc(=O)[nH]c(-c2ccccc2)n1)c1ccc(SC(F)(F)F)cc1. The number of aromatic nitrogens is 2. The number of rotatable bonds is 6. The highest BCUT2D eigenvalue weighted by atomic mass is 32.2. The second kappa shape index (κ2) is 9.38. The summed E-state index contributed by atoms with van der Waals surface area (Å²) in [5, 5.41) is 2.84. The van der Waals surface area contributed by atoms with Gasteiger partial charge in [-0.25, -0.2) is 4.98 Å². The van der Waals surface area contributed by atoms with Crippen molar-refractivity contribution in [3.05, 3.63) is 82.3 Å². The largest absolute Gasteiger partial charge is 0.446 e. The van der Waals surface area contributed by atoms with Gasteiger partial charge in [0.2, 0.25) is 0 Å². The van der Waals surface area contributed by atoms with E-state index in [1.807, 2.05) is 19.9 Å². The number of hydrogen-bond donors (Lipinski definition) is 2. The van der Waals surface area contributed by atoms with Crippen molar-refractivity contribution < 1.29 is 18.0 Å². The molecule has 1 amide bonds. The zero-order chi connectivity index (χ0) is 22.6. The fourth-order valence-corrected chi connectivity index (χ4v) is 3.57. The highest BCUT2D eigenvalue weighted by molar-refractivity contribution is 8.00. The summed E-state index contributed by atoms with van der Waals surface area (Å²) in [6.07, 6.45) is 0. The van der Waals surface area contributed by atoms with E-state index in [1.54, 1.807) is 36.4 Å². The summed E-state index contributed by atoms with van der Waals surface area (Å²) in [5.41, 5.74) is -3.56. The van der Waals surface area contributed by atoms with Crippen molar-refractivity contribution in [3.63, 3.8) is 0 Å². The van der Waals surface area contributed by atoms with Crippen molar-refractivity contribution in [2.24, 2.45) is 5.92 Å². The number of carbonyl (C=O) groups is 1. The molecule has 0 saturated heterocycles. The van der Waals surface area contributed by atoms with Crippen LogP contribution >= 0.6 is 11.8 Å². The minimum absolute atomic E-state index is 0.0440. The molecular weight excluding hydrogens is 427 g/mol. The highest BCUT2D eigenvalue weighted by Crippen LogP contribution is 2.37. The Balaban J connectivity index is 1.83. The average Bonchev–Trinajstić information content (AvgIpc) is 2.71. The molecule has 0 radical (unpaired) electrons. The number of halogens is 3. The van der Waals surface area contributed by atoms with E-state index in [0.717, 1.165) is 6.07 Å². The van der Waals surface area contributed by atoms with Gasteiger partial charge in [-0.05, 0) is 35.4 Å². The molecule has 5 nitrogen and oxygen atoms in total. The van der Waals surface area contributed by atoms with Crippen LogP contribution in [0.3, 0.4) is 0 Å². The number of nitrogens with one attached hydrogen (secondary N) is 2. The van der Waals surface area contributed by atoms with Crippen LogP contribution in [0, 0.1) is 5.92 Å². The number of H-pyrrole nitrogens is 1. The first-order valence-corrected chi connectivity index (χ1v) is 10.3. The Bertz CT molecular complexity index is 1100. The van der Waals surface area contributed by atoms with Gasteiger partial charge in [0, 0.05) is 16.5 Å². The third-order valence-electron chi connectivity index (χ3n) is 4.45. The van der Waals surface area contributed by atoms with Crippen LogP contribution in [0.5, 0.6) is 0 Å². The lowest BCUT2D eigenvalue weighted by Gasteiger charge is -2.23. The topological polar surface area (TPSA) is 74.8 Å². The van der Waals surface area contributed by atoms with Crippen LogP contribution < -0.4 is 10.9 Å². The molecule has 0 saturated carbocycles. The molecule has 0 bridgehead atoms. The highest BCUT2D eigenvalue weighted by Gasteiger charge is 2.29. The van der Waals surface area contributed by atoms with E-state index in [9.17, 15) is 22.8 Å². The van der Waals surface area contributed by atoms with Crippen molar-refractivity contribution >= 4 is 17.7 Å². The number of hydrogen-bond acceptors (Lipinski definition) is 4. The van der Waals surface area contributed by atoms with E-state index in [1.165, 1.54) is 12.1 Å². The first-order valence-electron chi connectivity index (χ1n) is 9.46. The fraction of sp³-hybridized carbons (Fsp3) is 0.227. The Morgan fingerprint density at radius 2 is 1.71 bits per heavy atom. The number of nitrogens with zero attached hydrogens (tertiary/aromatic N) is 1. The minimum atomic E-state index is -4.37. The predicted molar refractivity (Wildman–Crippen MR) is 114 cm³/mol. The molecule has 1 aromatic heterocycles. The molecule has 3 rings (SSSR count). The third kappa shape index (κ3) is 6.21.